The lowest BCUT2D eigenvalue weighted by Crippen LogP contribution is -2.24. The Kier molecular flexibility index (Phi) is 43.8. The van der Waals surface area contributed by atoms with E-state index in [4.69, 9.17) is 0 Å². The lowest BCUT2D eigenvalue weighted by Gasteiger charge is -2.24. The Morgan fingerprint density at radius 2 is 0.537 bits per heavy atom. The van der Waals surface area contributed by atoms with Gasteiger partial charge in [-0.1, -0.05) is 271 Å². The fourth-order valence-corrected chi connectivity index (χ4v) is 8.70. The predicted octanol–water partition coefficient (Wildman–Crippen LogP) is 17.6. The summed E-state index contributed by atoms with van der Waals surface area (Å²) in [4.78, 5) is 23.6. The molecule has 0 aliphatic rings. The molecule has 0 aromatic rings. The van der Waals surface area contributed by atoms with Crippen LogP contribution in [0.3, 0.4) is 0 Å². The van der Waals surface area contributed by atoms with Crippen molar-refractivity contribution < 1.29 is 19.8 Å². The molecular formula is C50H98O4. The van der Waals surface area contributed by atoms with Gasteiger partial charge >= 0.3 is 11.9 Å². The second kappa shape index (κ2) is 44.7. The second-order valence-corrected chi connectivity index (χ2v) is 17.6. The number of hydrogen-bond donors (Lipinski definition) is 2. The molecule has 0 radical (unpaired) electrons. The van der Waals surface area contributed by atoms with Gasteiger partial charge in [-0.25, -0.2) is 0 Å². The highest BCUT2D eigenvalue weighted by atomic mass is 16.4. The molecule has 0 bridgehead atoms. The van der Waals surface area contributed by atoms with Crippen LogP contribution in [0.5, 0.6) is 0 Å². The molecule has 54 heavy (non-hydrogen) atoms. The lowest BCUT2D eigenvalue weighted by atomic mass is 9.81. The molecule has 0 spiro atoms. The fraction of sp³-hybridized carbons (Fsp3) is 0.960. The summed E-state index contributed by atoms with van der Waals surface area (Å²) in [6, 6.07) is 0. The summed E-state index contributed by atoms with van der Waals surface area (Å²) < 4.78 is 0. The van der Waals surface area contributed by atoms with Crippen molar-refractivity contribution in [3.8, 4) is 0 Å². The van der Waals surface area contributed by atoms with Gasteiger partial charge in [-0.15, -0.1) is 0 Å². The lowest BCUT2D eigenvalue weighted by molar-refractivity contribution is -0.145. The van der Waals surface area contributed by atoms with Gasteiger partial charge in [0.2, 0.25) is 0 Å². The molecule has 0 rings (SSSR count). The molecule has 0 aliphatic carbocycles. The summed E-state index contributed by atoms with van der Waals surface area (Å²) in [5, 5.41) is 19.4. The first-order chi connectivity index (χ1) is 26.5. The van der Waals surface area contributed by atoms with Crippen molar-refractivity contribution in [2.24, 2.45) is 11.8 Å². The van der Waals surface area contributed by atoms with Gasteiger partial charge in [0.05, 0.1) is 5.92 Å². The standard InChI is InChI=1S/C50H98O4/c1-3-5-7-9-11-13-15-17-19-21-23-25-27-29-31-33-35-37-39-41-43-47(45-46-49(51)52)48(50(53)54)44-42-40-38-36-34-32-30-28-26-24-22-20-18-16-14-12-10-8-6-4-2/h47-48H,3-46H2,1-2H3,(H,51,52)(H,53,54). The molecule has 2 N–H and O–H groups in total. The molecular weight excluding hydrogens is 665 g/mol. The Balaban J connectivity index is 3.81. The van der Waals surface area contributed by atoms with Gasteiger partial charge in [-0.05, 0) is 25.2 Å². The van der Waals surface area contributed by atoms with Gasteiger partial charge in [-0.2, -0.15) is 0 Å². The van der Waals surface area contributed by atoms with Crippen molar-refractivity contribution in [1.29, 1.82) is 0 Å². The third-order valence-electron chi connectivity index (χ3n) is 12.4. The van der Waals surface area contributed by atoms with E-state index in [1.54, 1.807) is 0 Å². The maximum atomic E-state index is 12.3. The van der Waals surface area contributed by atoms with Crippen LogP contribution in [0.15, 0.2) is 0 Å². The van der Waals surface area contributed by atoms with Gasteiger partial charge in [0.15, 0.2) is 0 Å². The number of carboxylic acids is 2. The molecule has 322 valence electrons. The molecule has 0 aliphatic heterocycles. The van der Waals surface area contributed by atoms with Crippen molar-refractivity contribution >= 4 is 11.9 Å². The summed E-state index contributed by atoms with van der Waals surface area (Å²) in [5.74, 6) is -1.91. The number of rotatable bonds is 47. The summed E-state index contributed by atoms with van der Waals surface area (Å²) in [5.41, 5.74) is 0. The number of carboxylic acid groups (broad SMARTS) is 2. The van der Waals surface area contributed by atoms with Crippen LogP contribution in [-0.4, -0.2) is 22.2 Å². The highest BCUT2D eigenvalue weighted by Crippen LogP contribution is 2.30. The van der Waals surface area contributed by atoms with E-state index in [1.165, 1.54) is 231 Å². The number of aliphatic carboxylic acids is 2. The molecule has 0 aromatic carbocycles. The van der Waals surface area contributed by atoms with Crippen molar-refractivity contribution in [2.75, 3.05) is 0 Å². The van der Waals surface area contributed by atoms with Crippen LogP contribution < -0.4 is 0 Å². The Labute approximate surface area is 339 Å². The molecule has 4 nitrogen and oxygen atoms in total. The fourth-order valence-electron chi connectivity index (χ4n) is 8.70. The minimum absolute atomic E-state index is 0.00512. The molecule has 0 amide bonds. The van der Waals surface area contributed by atoms with E-state index in [-0.39, 0.29) is 18.3 Å². The van der Waals surface area contributed by atoms with Gasteiger partial charge in [0.1, 0.15) is 0 Å². The molecule has 0 aromatic heterocycles. The number of hydrogen-bond acceptors (Lipinski definition) is 2. The zero-order valence-corrected chi connectivity index (χ0v) is 37.0. The number of carbonyl (C=O) groups is 2. The summed E-state index contributed by atoms with van der Waals surface area (Å²) in [6.07, 6.45) is 56.3. The summed E-state index contributed by atoms with van der Waals surface area (Å²) in [7, 11) is 0. The predicted molar refractivity (Wildman–Crippen MR) is 237 cm³/mol. The van der Waals surface area contributed by atoms with Crippen LogP contribution in [0.2, 0.25) is 0 Å². The van der Waals surface area contributed by atoms with E-state index < -0.39 is 11.9 Å². The molecule has 2 unspecified atom stereocenters. The molecule has 2 atom stereocenters. The van der Waals surface area contributed by atoms with Crippen LogP contribution in [0.25, 0.3) is 0 Å². The molecule has 0 fully saturated rings. The Hall–Kier alpha value is -1.06. The zero-order valence-electron chi connectivity index (χ0n) is 37.0. The quantitative estimate of drug-likeness (QED) is 0.0606. The molecule has 0 heterocycles. The van der Waals surface area contributed by atoms with Crippen molar-refractivity contribution in [3.63, 3.8) is 0 Å². The van der Waals surface area contributed by atoms with E-state index in [9.17, 15) is 19.8 Å². The highest BCUT2D eigenvalue weighted by molar-refractivity contribution is 5.70. The maximum Gasteiger partial charge on any atom is 0.306 e. The smallest absolute Gasteiger partial charge is 0.306 e. The average molecular weight is 763 g/mol. The third-order valence-corrected chi connectivity index (χ3v) is 12.4. The topological polar surface area (TPSA) is 74.6 Å². The van der Waals surface area contributed by atoms with Crippen LogP contribution in [0.1, 0.15) is 296 Å². The first kappa shape index (κ1) is 52.9. The van der Waals surface area contributed by atoms with E-state index in [0.29, 0.717) is 12.8 Å². The third kappa shape index (κ3) is 40.6. The number of unbranched alkanes of at least 4 members (excludes halogenated alkanes) is 38. The van der Waals surface area contributed by atoms with Gasteiger partial charge in [0.25, 0.3) is 0 Å². The normalized spacial score (nSPS) is 12.7. The van der Waals surface area contributed by atoms with Crippen molar-refractivity contribution in [1.82, 2.24) is 0 Å². The van der Waals surface area contributed by atoms with Crippen LogP contribution in [0.4, 0.5) is 0 Å². The van der Waals surface area contributed by atoms with E-state index in [0.717, 1.165) is 32.1 Å². The zero-order chi connectivity index (χ0) is 39.4. The minimum Gasteiger partial charge on any atom is -0.481 e. The second-order valence-electron chi connectivity index (χ2n) is 17.6. The van der Waals surface area contributed by atoms with Crippen LogP contribution >= 0.6 is 0 Å². The molecule has 0 saturated heterocycles. The summed E-state index contributed by atoms with van der Waals surface area (Å²) in [6.45, 7) is 4.58. The largest absolute Gasteiger partial charge is 0.481 e. The highest BCUT2D eigenvalue weighted by Gasteiger charge is 2.27. The van der Waals surface area contributed by atoms with Crippen molar-refractivity contribution in [2.45, 2.75) is 296 Å². The Morgan fingerprint density at radius 3 is 0.759 bits per heavy atom. The first-order valence-corrected chi connectivity index (χ1v) is 25.0. The Morgan fingerprint density at radius 1 is 0.315 bits per heavy atom. The van der Waals surface area contributed by atoms with Gasteiger partial charge < -0.3 is 10.2 Å². The maximum absolute atomic E-state index is 12.3. The first-order valence-electron chi connectivity index (χ1n) is 25.0. The van der Waals surface area contributed by atoms with Gasteiger partial charge in [0, 0.05) is 6.42 Å². The molecule has 0 saturated carbocycles. The van der Waals surface area contributed by atoms with Crippen LogP contribution in [-0.2, 0) is 9.59 Å². The van der Waals surface area contributed by atoms with E-state index >= 15 is 0 Å². The average Bonchev–Trinajstić information content (AvgIpc) is 3.16. The van der Waals surface area contributed by atoms with Gasteiger partial charge in [-0.3, -0.25) is 9.59 Å². The van der Waals surface area contributed by atoms with E-state index in [2.05, 4.69) is 13.8 Å². The summed E-state index contributed by atoms with van der Waals surface area (Å²) >= 11 is 0. The SMILES string of the molecule is CCCCCCCCCCCCCCCCCCCCCCC(CCC(=O)O)C(CCCCCCCCCCCCCCCCCCCCCC)C(=O)O. The minimum atomic E-state index is -0.800. The monoisotopic (exact) mass is 763 g/mol. The van der Waals surface area contributed by atoms with Crippen LogP contribution in [0, 0.1) is 11.8 Å². The van der Waals surface area contributed by atoms with E-state index in [1.807, 2.05) is 0 Å². The molecule has 4 heteroatoms. The van der Waals surface area contributed by atoms with Crippen molar-refractivity contribution in [3.05, 3.63) is 0 Å². The Bertz CT molecular complexity index is 751.